The molecule has 1 saturated heterocycles. The third-order valence-electron chi connectivity index (χ3n) is 3.71. The number of hydrogen-bond donors (Lipinski definition) is 1. The lowest BCUT2D eigenvalue weighted by Gasteiger charge is -2.21. The number of benzene rings is 1. The zero-order chi connectivity index (χ0) is 14.5. The van der Waals surface area contributed by atoms with Crippen LogP contribution in [0.25, 0.3) is 0 Å². The fourth-order valence-electron chi connectivity index (χ4n) is 2.51. The Balaban J connectivity index is 1.58. The standard InChI is InChI=1S/C16H19N3O2/c20-16(14-4-2-1-3-5-14)18-15-10-17-19(12-15)11-13-6-8-21-9-7-13/h1-5,10,12-13H,6-9,11H2,(H,18,20). The third-order valence-corrected chi connectivity index (χ3v) is 3.71. The van der Waals surface area contributed by atoms with Gasteiger partial charge in [0.05, 0.1) is 11.9 Å². The number of hydrogen-bond acceptors (Lipinski definition) is 3. The van der Waals surface area contributed by atoms with Crippen LogP contribution < -0.4 is 5.32 Å². The summed E-state index contributed by atoms with van der Waals surface area (Å²) in [6.07, 6.45) is 5.73. The molecule has 5 heteroatoms. The molecule has 0 radical (unpaired) electrons. The SMILES string of the molecule is O=C(Nc1cnn(CC2CCOCC2)c1)c1ccccc1. The minimum Gasteiger partial charge on any atom is -0.381 e. The van der Waals surface area contributed by atoms with Crippen molar-refractivity contribution < 1.29 is 9.53 Å². The molecule has 5 nitrogen and oxygen atoms in total. The number of nitrogens with one attached hydrogen (secondary N) is 1. The molecule has 110 valence electrons. The van der Waals surface area contributed by atoms with Crippen molar-refractivity contribution >= 4 is 11.6 Å². The monoisotopic (exact) mass is 285 g/mol. The lowest BCUT2D eigenvalue weighted by Crippen LogP contribution is -2.20. The maximum atomic E-state index is 12.0. The molecule has 1 N–H and O–H groups in total. The van der Waals surface area contributed by atoms with Gasteiger partial charge in [0.25, 0.3) is 5.91 Å². The molecule has 1 fully saturated rings. The highest BCUT2D eigenvalue weighted by Gasteiger charge is 2.15. The zero-order valence-corrected chi connectivity index (χ0v) is 11.9. The third kappa shape index (κ3) is 3.70. The van der Waals surface area contributed by atoms with Gasteiger partial charge in [0.2, 0.25) is 0 Å². The molecule has 21 heavy (non-hydrogen) atoms. The van der Waals surface area contributed by atoms with Gasteiger partial charge in [-0.05, 0) is 30.9 Å². The predicted octanol–water partition coefficient (Wildman–Crippen LogP) is 2.56. The number of rotatable bonds is 4. The predicted molar refractivity (Wildman–Crippen MR) is 80.2 cm³/mol. The van der Waals surface area contributed by atoms with E-state index in [2.05, 4.69) is 10.4 Å². The summed E-state index contributed by atoms with van der Waals surface area (Å²) in [5.74, 6) is 0.498. The van der Waals surface area contributed by atoms with Crippen molar-refractivity contribution in [2.45, 2.75) is 19.4 Å². The van der Waals surface area contributed by atoms with E-state index in [1.807, 2.05) is 29.1 Å². The number of ether oxygens (including phenoxy) is 1. The van der Waals surface area contributed by atoms with Gasteiger partial charge in [-0.2, -0.15) is 5.10 Å². The number of carbonyl (C=O) groups is 1. The largest absolute Gasteiger partial charge is 0.381 e. The van der Waals surface area contributed by atoms with E-state index in [9.17, 15) is 4.79 Å². The Kier molecular flexibility index (Phi) is 4.31. The Bertz CT molecular complexity index is 589. The molecule has 2 aromatic rings. The van der Waals surface area contributed by atoms with Gasteiger partial charge >= 0.3 is 0 Å². The first kappa shape index (κ1) is 13.8. The Morgan fingerprint density at radius 2 is 2.05 bits per heavy atom. The first-order valence-corrected chi connectivity index (χ1v) is 7.28. The Hall–Kier alpha value is -2.14. The Morgan fingerprint density at radius 3 is 2.81 bits per heavy atom. The topological polar surface area (TPSA) is 56.2 Å². The van der Waals surface area contributed by atoms with Crippen LogP contribution in [0.4, 0.5) is 5.69 Å². The quantitative estimate of drug-likeness (QED) is 0.939. The van der Waals surface area contributed by atoms with Gasteiger partial charge in [0.15, 0.2) is 0 Å². The molecule has 0 saturated carbocycles. The van der Waals surface area contributed by atoms with Crippen molar-refractivity contribution in [2.24, 2.45) is 5.92 Å². The van der Waals surface area contributed by atoms with Crippen LogP contribution >= 0.6 is 0 Å². The maximum Gasteiger partial charge on any atom is 0.255 e. The number of aromatic nitrogens is 2. The highest BCUT2D eigenvalue weighted by Crippen LogP contribution is 2.17. The van der Waals surface area contributed by atoms with Gasteiger partial charge in [0.1, 0.15) is 0 Å². The molecule has 0 aliphatic carbocycles. The van der Waals surface area contributed by atoms with Crippen molar-refractivity contribution in [1.29, 1.82) is 0 Å². The molecule has 0 spiro atoms. The molecular formula is C16H19N3O2. The van der Waals surface area contributed by atoms with E-state index < -0.39 is 0 Å². The van der Waals surface area contributed by atoms with Gasteiger partial charge < -0.3 is 10.1 Å². The molecule has 1 aliphatic rings. The van der Waals surface area contributed by atoms with E-state index in [-0.39, 0.29) is 5.91 Å². The van der Waals surface area contributed by atoms with Gasteiger partial charge in [-0.15, -0.1) is 0 Å². The van der Waals surface area contributed by atoms with Crippen molar-refractivity contribution in [3.63, 3.8) is 0 Å². The fourth-order valence-corrected chi connectivity index (χ4v) is 2.51. The summed E-state index contributed by atoms with van der Waals surface area (Å²) in [7, 11) is 0. The first-order chi connectivity index (χ1) is 10.3. The van der Waals surface area contributed by atoms with Gasteiger partial charge in [-0.3, -0.25) is 9.48 Å². The van der Waals surface area contributed by atoms with Crippen molar-refractivity contribution in [1.82, 2.24) is 9.78 Å². The van der Waals surface area contributed by atoms with Crippen LogP contribution in [0.15, 0.2) is 42.7 Å². The second kappa shape index (κ2) is 6.54. The average molecular weight is 285 g/mol. The molecule has 3 rings (SSSR count). The lowest BCUT2D eigenvalue weighted by atomic mass is 10.0. The molecular weight excluding hydrogens is 266 g/mol. The van der Waals surface area contributed by atoms with E-state index in [1.165, 1.54) is 0 Å². The summed E-state index contributed by atoms with van der Waals surface area (Å²) in [4.78, 5) is 12.0. The van der Waals surface area contributed by atoms with E-state index >= 15 is 0 Å². The van der Waals surface area contributed by atoms with Gasteiger partial charge in [0, 0.05) is 31.5 Å². The van der Waals surface area contributed by atoms with Crippen LogP contribution in [-0.4, -0.2) is 28.9 Å². The van der Waals surface area contributed by atoms with Gasteiger partial charge in [-0.1, -0.05) is 18.2 Å². The molecule has 1 aromatic carbocycles. The number of anilines is 1. The highest BCUT2D eigenvalue weighted by atomic mass is 16.5. The van der Waals surface area contributed by atoms with Crippen molar-refractivity contribution in [3.05, 3.63) is 48.3 Å². The van der Waals surface area contributed by atoms with Crippen LogP contribution in [0.3, 0.4) is 0 Å². The van der Waals surface area contributed by atoms with E-state index in [1.54, 1.807) is 18.3 Å². The zero-order valence-electron chi connectivity index (χ0n) is 11.9. The molecule has 0 atom stereocenters. The summed E-state index contributed by atoms with van der Waals surface area (Å²) >= 11 is 0. The number of amides is 1. The normalized spacial score (nSPS) is 15.8. The average Bonchev–Trinajstić information content (AvgIpc) is 2.96. The van der Waals surface area contributed by atoms with Crippen LogP contribution in [-0.2, 0) is 11.3 Å². The summed E-state index contributed by atoms with van der Waals surface area (Å²) < 4.78 is 7.26. The van der Waals surface area contributed by atoms with Crippen molar-refractivity contribution in [2.75, 3.05) is 18.5 Å². The molecule has 1 aromatic heterocycles. The first-order valence-electron chi connectivity index (χ1n) is 7.28. The molecule has 1 aliphatic heterocycles. The number of nitrogens with zero attached hydrogens (tertiary/aromatic N) is 2. The van der Waals surface area contributed by atoms with Crippen LogP contribution in [0.5, 0.6) is 0 Å². The Labute approximate surface area is 123 Å². The molecule has 1 amide bonds. The summed E-state index contributed by atoms with van der Waals surface area (Å²) in [5.41, 5.74) is 1.38. The van der Waals surface area contributed by atoms with Crippen LogP contribution in [0.2, 0.25) is 0 Å². The smallest absolute Gasteiger partial charge is 0.255 e. The van der Waals surface area contributed by atoms with Gasteiger partial charge in [-0.25, -0.2) is 0 Å². The van der Waals surface area contributed by atoms with Crippen molar-refractivity contribution in [3.8, 4) is 0 Å². The molecule has 0 unspecified atom stereocenters. The summed E-state index contributed by atoms with van der Waals surface area (Å²) in [6.45, 7) is 2.55. The minimum absolute atomic E-state index is 0.110. The maximum absolute atomic E-state index is 12.0. The summed E-state index contributed by atoms with van der Waals surface area (Å²) in [6, 6.07) is 9.18. The Morgan fingerprint density at radius 1 is 1.29 bits per heavy atom. The minimum atomic E-state index is -0.110. The van der Waals surface area contributed by atoms with Crippen LogP contribution in [0.1, 0.15) is 23.2 Å². The summed E-state index contributed by atoms with van der Waals surface area (Å²) in [5, 5.41) is 7.19. The van der Waals surface area contributed by atoms with E-state index in [0.29, 0.717) is 11.5 Å². The molecule has 2 heterocycles. The van der Waals surface area contributed by atoms with E-state index in [0.717, 1.165) is 38.3 Å². The highest BCUT2D eigenvalue weighted by molar-refractivity contribution is 6.04. The van der Waals surface area contributed by atoms with Crippen LogP contribution in [0, 0.1) is 5.92 Å². The number of carbonyl (C=O) groups excluding carboxylic acids is 1. The van der Waals surface area contributed by atoms with E-state index in [4.69, 9.17) is 4.74 Å². The fraction of sp³-hybridized carbons (Fsp3) is 0.375. The second-order valence-electron chi connectivity index (χ2n) is 5.33. The molecule has 0 bridgehead atoms. The second-order valence-corrected chi connectivity index (χ2v) is 5.33. The lowest BCUT2D eigenvalue weighted by molar-refractivity contribution is 0.0601.